The highest BCUT2D eigenvalue weighted by atomic mass is 16.5. The lowest BCUT2D eigenvalue weighted by atomic mass is 9.90. The highest BCUT2D eigenvalue weighted by molar-refractivity contribution is 6.22. The van der Waals surface area contributed by atoms with Crippen molar-refractivity contribution in [2.45, 2.75) is 33.5 Å². The third-order valence-electron chi connectivity index (χ3n) is 1.02. The second-order valence-electron chi connectivity index (χ2n) is 3.96. The third-order valence-corrected chi connectivity index (χ3v) is 1.02. The number of carbonyl (C=O) groups is 1. The van der Waals surface area contributed by atoms with Gasteiger partial charge in [-0.15, -0.1) is 0 Å². The predicted octanol–water partition coefficient (Wildman–Crippen LogP) is 1.55. The maximum absolute atomic E-state index is 10.8. The first-order valence-corrected chi connectivity index (χ1v) is 3.75. The van der Waals surface area contributed by atoms with Crippen LogP contribution in [-0.2, 0) is 9.53 Å². The molecule has 0 bridgehead atoms. The van der Waals surface area contributed by atoms with Gasteiger partial charge in [0.2, 0.25) is 0 Å². The molecule has 0 aromatic carbocycles. The smallest absolute Gasteiger partial charge is 0.299 e. The highest BCUT2D eigenvalue weighted by Crippen LogP contribution is 2.14. The van der Waals surface area contributed by atoms with E-state index < -0.39 is 5.82 Å². The summed E-state index contributed by atoms with van der Waals surface area (Å²) in [6, 6.07) is 0. The van der Waals surface area contributed by atoms with E-state index in [1.165, 1.54) is 0 Å². The lowest BCUT2D eigenvalue weighted by Crippen LogP contribution is -2.20. The number of carbonyl (C=O) groups excluding carboxylic acids is 1. The largest absolute Gasteiger partial charge is 0.465 e. The first-order chi connectivity index (χ1) is 4.83. The van der Waals surface area contributed by atoms with E-state index >= 15 is 0 Å². The average Bonchev–Trinajstić information content (AvgIpc) is 1.80. The number of ether oxygens (including phenoxy) is 1. The Morgan fingerprint density at radius 2 is 2.00 bits per heavy atom. The Balaban J connectivity index is 3.64. The average molecular weight is 154 g/mol. The van der Waals surface area contributed by atoms with E-state index in [1.54, 1.807) is 6.92 Å². The van der Waals surface area contributed by atoms with Crippen LogP contribution in [0.25, 0.3) is 0 Å². The number of hydrogen-bond donors (Lipinski definition) is 0. The first-order valence-electron chi connectivity index (χ1n) is 3.75. The van der Waals surface area contributed by atoms with Crippen LogP contribution in [0.3, 0.4) is 0 Å². The lowest BCUT2D eigenvalue weighted by molar-refractivity contribution is -0.145. The quantitative estimate of drug-likeness (QED) is 0.445. The van der Waals surface area contributed by atoms with Crippen LogP contribution in [0.15, 0.2) is 0 Å². The SMILES string of the molecule is [B][C@@H](C)C(=O)OCC(C)(C)C. The van der Waals surface area contributed by atoms with Gasteiger partial charge in [-0.25, -0.2) is 0 Å². The summed E-state index contributed by atoms with van der Waals surface area (Å²) < 4.78 is 4.90. The molecule has 2 nitrogen and oxygen atoms in total. The fourth-order valence-electron chi connectivity index (χ4n) is 0.419. The molecule has 0 aromatic heterocycles. The van der Waals surface area contributed by atoms with Crippen molar-refractivity contribution in [3.05, 3.63) is 0 Å². The molecule has 0 saturated carbocycles. The van der Waals surface area contributed by atoms with Crippen LogP contribution in [-0.4, -0.2) is 20.4 Å². The molecule has 0 saturated heterocycles. The van der Waals surface area contributed by atoms with Crippen molar-refractivity contribution in [1.29, 1.82) is 0 Å². The van der Waals surface area contributed by atoms with Gasteiger partial charge < -0.3 is 4.74 Å². The van der Waals surface area contributed by atoms with Gasteiger partial charge in [0.05, 0.1) is 14.5 Å². The number of hydrogen-bond acceptors (Lipinski definition) is 2. The molecule has 62 valence electrons. The van der Waals surface area contributed by atoms with Crippen LogP contribution in [0.1, 0.15) is 27.7 Å². The standard InChI is InChI=1S/C8H15BO2/c1-6(9)7(10)11-5-8(2,3)4/h6H,5H2,1-4H3/t6-/m0/s1. The van der Waals surface area contributed by atoms with Crippen molar-refractivity contribution in [2.24, 2.45) is 5.41 Å². The van der Waals surface area contributed by atoms with Crippen LogP contribution in [0.5, 0.6) is 0 Å². The van der Waals surface area contributed by atoms with Crippen LogP contribution < -0.4 is 0 Å². The van der Waals surface area contributed by atoms with Crippen molar-refractivity contribution in [2.75, 3.05) is 6.61 Å². The molecule has 0 fully saturated rings. The van der Waals surface area contributed by atoms with Gasteiger partial charge in [0.15, 0.2) is 0 Å². The summed E-state index contributed by atoms with van der Waals surface area (Å²) in [5, 5.41) is 0. The van der Waals surface area contributed by atoms with Gasteiger partial charge in [-0.05, 0) is 5.41 Å². The fraction of sp³-hybridized carbons (Fsp3) is 0.875. The van der Waals surface area contributed by atoms with Crippen molar-refractivity contribution < 1.29 is 9.53 Å². The summed E-state index contributed by atoms with van der Waals surface area (Å²) in [6.45, 7) is 8.04. The third kappa shape index (κ3) is 5.95. The lowest BCUT2D eigenvalue weighted by Gasteiger charge is -2.18. The topological polar surface area (TPSA) is 26.3 Å². The molecule has 2 radical (unpaired) electrons. The Bertz CT molecular complexity index is 136. The van der Waals surface area contributed by atoms with Crippen LogP contribution in [0, 0.1) is 5.41 Å². The van der Waals surface area contributed by atoms with Gasteiger partial charge in [-0.1, -0.05) is 27.7 Å². The van der Waals surface area contributed by atoms with Crippen molar-refractivity contribution >= 4 is 13.8 Å². The van der Waals surface area contributed by atoms with Crippen LogP contribution >= 0.6 is 0 Å². The van der Waals surface area contributed by atoms with E-state index in [-0.39, 0.29) is 11.4 Å². The van der Waals surface area contributed by atoms with E-state index in [2.05, 4.69) is 0 Å². The Hall–Kier alpha value is -0.465. The molecule has 0 unspecified atom stereocenters. The zero-order valence-corrected chi connectivity index (χ0v) is 7.68. The molecule has 1 atom stereocenters. The Labute approximate surface area is 69.7 Å². The van der Waals surface area contributed by atoms with E-state index in [0.717, 1.165) is 0 Å². The monoisotopic (exact) mass is 154 g/mol. The number of esters is 1. The number of rotatable bonds is 2. The Kier molecular flexibility index (Phi) is 3.63. The summed E-state index contributed by atoms with van der Waals surface area (Å²) in [7, 11) is 5.29. The summed E-state index contributed by atoms with van der Waals surface area (Å²) in [5.41, 5.74) is 0.0184. The first kappa shape index (κ1) is 10.5. The fourth-order valence-corrected chi connectivity index (χ4v) is 0.419. The summed E-state index contributed by atoms with van der Waals surface area (Å²) in [4.78, 5) is 10.8. The molecule has 0 N–H and O–H groups in total. The molecule has 0 aliphatic heterocycles. The molecule has 0 heterocycles. The van der Waals surface area contributed by atoms with E-state index in [0.29, 0.717) is 6.61 Å². The summed E-state index contributed by atoms with van der Waals surface area (Å²) in [6.07, 6.45) is 0. The summed E-state index contributed by atoms with van der Waals surface area (Å²) >= 11 is 0. The maximum atomic E-state index is 10.8. The van der Waals surface area contributed by atoms with E-state index in [4.69, 9.17) is 12.6 Å². The van der Waals surface area contributed by atoms with Crippen molar-refractivity contribution in [3.8, 4) is 0 Å². The second kappa shape index (κ2) is 3.79. The predicted molar refractivity (Wildman–Crippen MR) is 45.6 cm³/mol. The molecule has 0 rings (SSSR count). The van der Waals surface area contributed by atoms with Gasteiger partial charge in [0.1, 0.15) is 0 Å². The molecule has 0 aromatic rings. The van der Waals surface area contributed by atoms with Crippen LogP contribution in [0.2, 0.25) is 5.82 Å². The molecule has 0 spiro atoms. The minimum atomic E-state index is -0.516. The van der Waals surface area contributed by atoms with Crippen molar-refractivity contribution in [1.82, 2.24) is 0 Å². The Morgan fingerprint density at radius 3 is 2.27 bits per heavy atom. The molecule has 0 aliphatic rings. The molecular formula is C8H15BO2. The highest BCUT2D eigenvalue weighted by Gasteiger charge is 2.14. The molecule has 11 heavy (non-hydrogen) atoms. The molecule has 0 aliphatic carbocycles. The van der Waals surface area contributed by atoms with Gasteiger partial charge in [0, 0.05) is 5.82 Å². The van der Waals surface area contributed by atoms with Gasteiger partial charge in [0.25, 0.3) is 5.97 Å². The Morgan fingerprint density at radius 1 is 1.55 bits per heavy atom. The molecule has 0 amide bonds. The normalized spacial score (nSPS) is 14.2. The van der Waals surface area contributed by atoms with E-state index in [9.17, 15) is 4.79 Å². The van der Waals surface area contributed by atoms with Crippen molar-refractivity contribution in [3.63, 3.8) is 0 Å². The van der Waals surface area contributed by atoms with Gasteiger partial charge >= 0.3 is 0 Å². The zero-order valence-electron chi connectivity index (χ0n) is 7.68. The zero-order chi connectivity index (χ0) is 9.07. The minimum absolute atomic E-state index is 0.0184. The maximum Gasteiger partial charge on any atom is 0.299 e. The molecular weight excluding hydrogens is 139 g/mol. The van der Waals surface area contributed by atoms with Gasteiger partial charge in [-0.3, -0.25) is 4.79 Å². The summed E-state index contributed by atoms with van der Waals surface area (Å²) in [5.74, 6) is -0.850. The van der Waals surface area contributed by atoms with E-state index in [1.807, 2.05) is 20.8 Å². The van der Waals surface area contributed by atoms with Gasteiger partial charge in [-0.2, -0.15) is 0 Å². The van der Waals surface area contributed by atoms with Crippen LogP contribution in [0.4, 0.5) is 0 Å². The second-order valence-corrected chi connectivity index (χ2v) is 3.96. The minimum Gasteiger partial charge on any atom is -0.465 e. The molecule has 3 heteroatoms.